The van der Waals surface area contributed by atoms with Crippen LogP contribution in [0.3, 0.4) is 0 Å². The highest BCUT2D eigenvalue weighted by atomic mass is 32.2. The normalized spacial score (nSPS) is 23.9. The molecule has 2 heteroatoms. The first kappa shape index (κ1) is 7.26. The zero-order valence-electron chi connectivity index (χ0n) is 6.18. The lowest BCUT2D eigenvalue weighted by Crippen LogP contribution is -2.27. The predicted octanol–water partition coefficient (Wildman–Crippen LogP) is 2.33. The van der Waals surface area contributed by atoms with E-state index >= 15 is 0 Å². The van der Waals surface area contributed by atoms with E-state index < -0.39 is 0 Å². The van der Waals surface area contributed by atoms with Crippen molar-refractivity contribution < 1.29 is 0 Å². The fourth-order valence-corrected chi connectivity index (χ4v) is 2.62. The molecule has 0 aromatic heterocycles. The van der Waals surface area contributed by atoms with Crippen molar-refractivity contribution in [3.63, 3.8) is 0 Å². The van der Waals surface area contributed by atoms with Crippen LogP contribution in [0.2, 0.25) is 0 Å². The molecular formula is C7H15NS. The van der Waals surface area contributed by atoms with E-state index in [4.69, 9.17) is 4.78 Å². The number of rotatable bonds is 2. The number of hydrogen-bond donors (Lipinski definition) is 1. The molecule has 0 aromatic carbocycles. The molecule has 54 valence electrons. The SMILES string of the molecule is CC(C)S(=N)C1CCC1. The van der Waals surface area contributed by atoms with Gasteiger partial charge in [0.1, 0.15) is 0 Å². The lowest BCUT2D eigenvalue weighted by Gasteiger charge is -2.28. The summed E-state index contributed by atoms with van der Waals surface area (Å²) in [5, 5.41) is 1.36. The van der Waals surface area contributed by atoms with E-state index in [0.29, 0.717) is 5.25 Å². The van der Waals surface area contributed by atoms with E-state index in [0.717, 1.165) is 5.25 Å². The van der Waals surface area contributed by atoms with Crippen molar-refractivity contribution in [3.05, 3.63) is 0 Å². The first-order valence-electron chi connectivity index (χ1n) is 3.65. The molecule has 0 saturated heterocycles. The number of nitrogens with one attached hydrogen (secondary N) is 1. The van der Waals surface area contributed by atoms with Crippen LogP contribution in [0, 0.1) is 4.78 Å². The maximum atomic E-state index is 7.71. The third-order valence-corrected chi connectivity index (χ3v) is 4.12. The Balaban J connectivity index is 2.32. The summed E-state index contributed by atoms with van der Waals surface area (Å²) < 4.78 is 7.71. The second-order valence-electron chi connectivity index (χ2n) is 2.97. The summed E-state index contributed by atoms with van der Waals surface area (Å²) in [6.07, 6.45) is 4.02. The quantitative estimate of drug-likeness (QED) is 0.616. The minimum absolute atomic E-state index is 0.0297. The molecule has 0 spiro atoms. The zero-order chi connectivity index (χ0) is 6.85. The van der Waals surface area contributed by atoms with Gasteiger partial charge in [-0.15, -0.1) is 0 Å². The van der Waals surface area contributed by atoms with Crippen LogP contribution in [0.25, 0.3) is 0 Å². The Morgan fingerprint density at radius 2 is 2.00 bits per heavy atom. The molecule has 1 nitrogen and oxygen atoms in total. The Morgan fingerprint density at radius 1 is 1.44 bits per heavy atom. The van der Waals surface area contributed by atoms with Gasteiger partial charge in [0.05, 0.1) is 0 Å². The van der Waals surface area contributed by atoms with Gasteiger partial charge in [0.25, 0.3) is 0 Å². The zero-order valence-corrected chi connectivity index (χ0v) is 7.00. The van der Waals surface area contributed by atoms with Crippen LogP contribution in [0.15, 0.2) is 0 Å². The molecule has 1 N–H and O–H groups in total. The molecule has 1 aliphatic rings. The highest BCUT2D eigenvalue weighted by molar-refractivity contribution is 7.87. The van der Waals surface area contributed by atoms with Gasteiger partial charge in [0, 0.05) is 10.5 Å². The topological polar surface area (TPSA) is 23.9 Å². The Morgan fingerprint density at radius 3 is 2.11 bits per heavy atom. The summed E-state index contributed by atoms with van der Waals surface area (Å²) in [5.74, 6) is 0. The lowest BCUT2D eigenvalue weighted by atomic mass is 10.00. The molecule has 9 heavy (non-hydrogen) atoms. The third kappa shape index (κ3) is 1.54. The highest BCUT2D eigenvalue weighted by Gasteiger charge is 2.22. The predicted molar refractivity (Wildman–Crippen MR) is 42.9 cm³/mol. The van der Waals surface area contributed by atoms with Crippen molar-refractivity contribution in [1.82, 2.24) is 0 Å². The summed E-state index contributed by atoms with van der Waals surface area (Å²) in [6, 6.07) is 0. The van der Waals surface area contributed by atoms with E-state index in [1.807, 2.05) is 0 Å². The molecule has 0 bridgehead atoms. The average molecular weight is 145 g/mol. The van der Waals surface area contributed by atoms with Gasteiger partial charge in [-0.25, -0.2) is 0 Å². The minimum Gasteiger partial charge on any atom is -0.280 e. The van der Waals surface area contributed by atoms with E-state index in [1.54, 1.807) is 0 Å². The van der Waals surface area contributed by atoms with Crippen LogP contribution >= 0.6 is 0 Å². The minimum atomic E-state index is -0.0297. The molecule has 1 unspecified atom stereocenters. The van der Waals surface area contributed by atoms with Crippen LogP contribution in [0.1, 0.15) is 33.1 Å². The standard InChI is InChI=1S/C7H15NS/c1-6(2)9(8)7-4-3-5-7/h6-8H,3-5H2,1-2H3. The first-order valence-corrected chi connectivity index (χ1v) is 5.00. The van der Waals surface area contributed by atoms with Crippen molar-refractivity contribution in [2.45, 2.75) is 43.6 Å². The van der Waals surface area contributed by atoms with E-state index in [2.05, 4.69) is 13.8 Å². The largest absolute Gasteiger partial charge is 0.280 e. The Kier molecular flexibility index (Phi) is 2.28. The molecule has 1 rings (SSSR count). The molecule has 1 atom stereocenters. The monoisotopic (exact) mass is 145 g/mol. The van der Waals surface area contributed by atoms with Gasteiger partial charge in [-0.05, 0) is 12.8 Å². The maximum Gasteiger partial charge on any atom is 0.0155 e. The fourth-order valence-electron chi connectivity index (χ4n) is 1.01. The van der Waals surface area contributed by atoms with Crippen LogP contribution in [0.5, 0.6) is 0 Å². The van der Waals surface area contributed by atoms with Gasteiger partial charge in [0.2, 0.25) is 0 Å². The third-order valence-electron chi connectivity index (χ3n) is 1.92. The maximum absolute atomic E-state index is 7.71. The molecule has 0 aliphatic heterocycles. The van der Waals surface area contributed by atoms with Crippen LogP contribution in [-0.2, 0) is 10.7 Å². The molecule has 1 fully saturated rings. The summed E-state index contributed by atoms with van der Waals surface area (Å²) in [6.45, 7) is 4.32. The molecule has 1 saturated carbocycles. The van der Waals surface area contributed by atoms with Gasteiger partial charge in [-0.2, -0.15) is 0 Å². The molecule has 0 radical (unpaired) electrons. The average Bonchev–Trinajstić information content (AvgIpc) is 1.60. The van der Waals surface area contributed by atoms with E-state index in [9.17, 15) is 0 Å². The van der Waals surface area contributed by atoms with Crippen LogP contribution < -0.4 is 0 Å². The summed E-state index contributed by atoms with van der Waals surface area (Å²) in [7, 11) is -0.0297. The molecule has 0 aromatic rings. The van der Waals surface area contributed by atoms with E-state index in [-0.39, 0.29) is 10.7 Å². The van der Waals surface area contributed by atoms with Crippen molar-refractivity contribution in [1.29, 1.82) is 4.78 Å². The van der Waals surface area contributed by atoms with Gasteiger partial charge < -0.3 is 0 Å². The molecule has 0 heterocycles. The molecule has 0 amide bonds. The second-order valence-corrected chi connectivity index (χ2v) is 5.33. The Hall–Kier alpha value is 0.150. The van der Waals surface area contributed by atoms with Gasteiger partial charge in [-0.1, -0.05) is 31.0 Å². The van der Waals surface area contributed by atoms with Crippen molar-refractivity contribution in [2.24, 2.45) is 0 Å². The van der Waals surface area contributed by atoms with Crippen LogP contribution in [-0.4, -0.2) is 10.5 Å². The van der Waals surface area contributed by atoms with Crippen molar-refractivity contribution in [2.75, 3.05) is 0 Å². The van der Waals surface area contributed by atoms with Gasteiger partial charge in [0.15, 0.2) is 0 Å². The van der Waals surface area contributed by atoms with Gasteiger partial charge >= 0.3 is 0 Å². The number of hydrogen-bond acceptors (Lipinski definition) is 1. The fraction of sp³-hybridized carbons (Fsp3) is 1.00. The van der Waals surface area contributed by atoms with E-state index in [1.165, 1.54) is 19.3 Å². The Bertz CT molecular complexity index is 116. The van der Waals surface area contributed by atoms with Crippen molar-refractivity contribution in [3.8, 4) is 0 Å². The second kappa shape index (κ2) is 2.82. The van der Waals surface area contributed by atoms with Crippen molar-refractivity contribution >= 4 is 10.7 Å². The summed E-state index contributed by atoms with van der Waals surface area (Å²) >= 11 is 0. The Labute approximate surface area is 59.7 Å². The summed E-state index contributed by atoms with van der Waals surface area (Å²) in [5.41, 5.74) is 0. The first-order chi connectivity index (χ1) is 4.22. The molecule has 1 aliphatic carbocycles. The molecular weight excluding hydrogens is 130 g/mol. The van der Waals surface area contributed by atoms with Crippen LogP contribution in [0.4, 0.5) is 0 Å². The lowest BCUT2D eigenvalue weighted by molar-refractivity contribution is 0.516. The van der Waals surface area contributed by atoms with Gasteiger partial charge in [-0.3, -0.25) is 4.78 Å². The summed E-state index contributed by atoms with van der Waals surface area (Å²) in [4.78, 5) is 0. The smallest absolute Gasteiger partial charge is 0.0155 e. The highest BCUT2D eigenvalue weighted by Crippen LogP contribution is 2.26.